The largest absolute Gasteiger partial charge is 0.450 e. The zero-order chi connectivity index (χ0) is 23.8. The fourth-order valence-corrected chi connectivity index (χ4v) is 3.58. The minimum absolute atomic E-state index is 0.0984. The summed E-state index contributed by atoms with van der Waals surface area (Å²) in [5.41, 5.74) is 3.26. The predicted octanol–water partition coefficient (Wildman–Crippen LogP) is 2.99. The lowest BCUT2D eigenvalue weighted by molar-refractivity contribution is -0.117. The highest BCUT2D eigenvalue weighted by molar-refractivity contribution is 5.92. The highest BCUT2D eigenvalue weighted by Gasteiger charge is 2.23. The van der Waals surface area contributed by atoms with Crippen LogP contribution in [0.4, 0.5) is 22.1 Å². The molecule has 0 atom stereocenters. The van der Waals surface area contributed by atoms with Crippen molar-refractivity contribution in [2.45, 2.75) is 6.92 Å². The van der Waals surface area contributed by atoms with Gasteiger partial charge in [0.1, 0.15) is 0 Å². The molecule has 10 nitrogen and oxygen atoms in total. The Bertz CT molecular complexity index is 1100. The number of hydrogen-bond donors (Lipinski definition) is 2. The van der Waals surface area contributed by atoms with Crippen molar-refractivity contribution < 1.29 is 14.3 Å². The lowest BCUT2D eigenvalue weighted by atomic mass is 10.2. The number of pyridine rings is 1. The maximum absolute atomic E-state index is 12.4. The topological polar surface area (TPSA) is 113 Å². The number of ether oxygens (including phenoxy) is 1. The Morgan fingerprint density at radius 2 is 1.65 bits per heavy atom. The van der Waals surface area contributed by atoms with Gasteiger partial charge < -0.3 is 20.3 Å². The number of amides is 2. The Hall–Kier alpha value is -4.05. The van der Waals surface area contributed by atoms with Crippen LogP contribution in [0.25, 0.3) is 11.3 Å². The molecule has 34 heavy (non-hydrogen) atoms. The van der Waals surface area contributed by atoms with Crippen LogP contribution in [0.3, 0.4) is 0 Å². The van der Waals surface area contributed by atoms with Crippen molar-refractivity contribution in [2.24, 2.45) is 0 Å². The summed E-state index contributed by atoms with van der Waals surface area (Å²) in [4.78, 5) is 40.8. The summed E-state index contributed by atoms with van der Waals surface area (Å²) >= 11 is 0. The molecule has 1 aliphatic rings. The van der Waals surface area contributed by atoms with E-state index in [-0.39, 0.29) is 18.5 Å². The fraction of sp³-hybridized carbons (Fsp3) is 0.292. The molecule has 0 radical (unpaired) electrons. The normalized spacial score (nSPS) is 13.9. The lowest BCUT2D eigenvalue weighted by Gasteiger charge is -2.33. The molecule has 0 bridgehead atoms. The van der Waals surface area contributed by atoms with Crippen molar-refractivity contribution in [3.05, 3.63) is 61.1 Å². The van der Waals surface area contributed by atoms with E-state index >= 15 is 0 Å². The van der Waals surface area contributed by atoms with E-state index in [1.807, 2.05) is 47.4 Å². The number of piperazine rings is 1. The summed E-state index contributed by atoms with van der Waals surface area (Å²) in [6.45, 7) is 4.79. The van der Waals surface area contributed by atoms with E-state index in [1.165, 1.54) is 0 Å². The molecule has 1 fully saturated rings. The lowest BCUT2D eigenvalue weighted by Crippen LogP contribution is -2.50. The second-order valence-electron chi connectivity index (χ2n) is 7.71. The molecule has 1 aromatic carbocycles. The zero-order valence-corrected chi connectivity index (χ0v) is 19.0. The third-order valence-electron chi connectivity index (χ3n) is 5.32. The molecule has 1 aliphatic heterocycles. The third-order valence-corrected chi connectivity index (χ3v) is 5.32. The summed E-state index contributed by atoms with van der Waals surface area (Å²) in [7, 11) is 0. The van der Waals surface area contributed by atoms with Gasteiger partial charge in [-0.2, -0.15) is 0 Å². The van der Waals surface area contributed by atoms with Crippen LogP contribution in [0.5, 0.6) is 0 Å². The molecule has 0 spiro atoms. The number of nitrogens with one attached hydrogen (secondary N) is 2. The molecule has 2 amide bonds. The first-order valence-corrected chi connectivity index (χ1v) is 11.1. The molecule has 0 saturated carbocycles. The number of rotatable bonds is 7. The number of carbonyl (C=O) groups excluding carboxylic acids is 2. The Labute approximate surface area is 198 Å². The van der Waals surface area contributed by atoms with Crippen LogP contribution in [0.2, 0.25) is 0 Å². The van der Waals surface area contributed by atoms with E-state index in [0.29, 0.717) is 44.4 Å². The van der Waals surface area contributed by atoms with Crippen molar-refractivity contribution in [1.82, 2.24) is 24.8 Å². The summed E-state index contributed by atoms with van der Waals surface area (Å²) < 4.78 is 5.02. The minimum atomic E-state index is -0.296. The molecule has 176 valence electrons. The first kappa shape index (κ1) is 23.1. The average molecular weight is 462 g/mol. The Morgan fingerprint density at radius 3 is 2.35 bits per heavy atom. The van der Waals surface area contributed by atoms with Crippen molar-refractivity contribution in [3.8, 4) is 11.3 Å². The van der Waals surface area contributed by atoms with Gasteiger partial charge in [0.25, 0.3) is 0 Å². The fourth-order valence-electron chi connectivity index (χ4n) is 3.58. The zero-order valence-electron chi connectivity index (χ0n) is 19.0. The molecular weight excluding hydrogens is 434 g/mol. The highest BCUT2D eigenvalue weighted by atomic mass is 16.6. The van der Waals surface area contributed by atoms with Crippen molar-refractivity contribution in [3.63, 3.8) is 0 Å². The van der Waals surface area contributed by atoms with Gasteiger partial charge in [0.05, 0.1) is 18.8 Å². The van der Waals surface area contributed by atoms with Gasteiger partial charge in [-0.3, -0.25) is 14.7 Å². The summed E-state index contributed by atoms with van der Waals surface area (Å²) in [5, 5.41) is 6.10. The number of carbonyl (C=O) groups is 2. The van der Waals surface area contributed by atoms with Crippen LogP contribution < -0.4 is 10.6 Å². The second-order valence-corrected chi connectivity index (χ2v) is 7.71. The summed E-state index contributed by atoms with van der Waals surface area (Å²) in [6.07, 6.45) is 4.85. The predicted molar refractivity (Wildman–Crippen MR) is 129 cm³/mol. The minimum Gasteiger partial charge on any atom is -0.450 e. The molecule has 1 saturated heterocycles. The molecular formula is C24H27N7O3. The SMILES string of the molecule is CCOC(=O)N1CCN(CC(=O)Nc2ccc(Nc3nccc(-c4ccncc4)n3)cc2)CC1. The Balaban J connectivity index is 1.26. The van der Waals surface area contributed by atoms with Gasteiger partial charge >= 0.3 is 6.09 Å². The van der Waals surface area contributed by atoms with Crippen molar-refractivity contribution >= 4 is 29.3 Å². The van der Waals surface area contributed by atoms with Crippen molar-refractivity contribution in [2.75, 3.05) is 50.0 Å². The average Bonchev–Trinajstić information content (AvgIpc) is 2.86. The molecule has 2 aromatic heterocycles. The first-order chi connectivity index (χ1) is 16.6. The number of benzene rings is 1. The summed E-state index contributed by atoms with van der Waals surface area (Å²) in [5.74, 6) is 0.381. The van der Waals surface area contributed by atoms with E-state index in [9.17, 15) is 9.59 Å². The summed E-state index contributed by atoms with van der Waals surface area (Å²) in [6, 6.07) is 13.0. The molecule has 0 unspecified atom stereocenters. The Kier molecular flexibility index (Phi) is 7.61. The first-order valence-electron chi connectivity index (χ1n) is 11.1. The van der Waals surface area contributed by atoms with E-state index in [1.54, 1.807) is 30.4 Å². The van der Waals surface area contributed by atoms with Gasteiger partial charge in [-0.25, -0.2) is 14.8 Å². The number of aromatic nitrogens is 3. The van der Waals surface area contributed by atoms with Crippen molar-refractivity contribution in [1.29, 1.82) is 0 Å². The number of nitrogens with zero attached hydrogens (tertiary/aromatic N) is 5. The van der Waals surface area contributed by atoms with Gasteiger partial charge in [-0.15, -0.1) is 0 Å². The van der Waals surface area contributed by atoms with Crippen LogP contribution in [0.15, 0.2) is 61.1 Å². The maximum atomic E-state index is 12.4. The Morgan fingerprint density at radius 1 is 0.941 bits per heavy atom. The van der Waals surface area contributed by atoms with Crippen LogP contribution in [0, 0.1) is 0 Å². The molecule has 2 N–H and O–H groups in total. The molecule has 0 aliphatic carbocycles. The second kappa shape index (κ2) is 11.2. The molecule has 10 heteroatoms. The highest BCUT2D eigenvalue weighted by Crippen LogP contribution is 2.20. The van der Waals surface area contributed by atoms with Gasteiger partial charge in [0.15, 0.2) is 0 Å². The van der Waals surface area contributed by atoms with Gasteiger partial charge in [-0.05, 0) is 49.4 Å². The number of anilines is 3. The maximum Gasteiger partial charge on any atom is 0.409 e. The number of hydrogen-bond acceptors (Lipinski definition) is 8. The molecule has 3 heterocycles. The monoisotopic (exact) mass is 461 g/mol. The standard InChI is InChI=1S/C24H27N7O3/c1-2-34-24(33)31-15-13-30(14-16-31)17-22(32)27-19-3-5-20(6-4-19)28-23-26-12-9-21(29-23)18-7-10-25-11-8-18/h3-12H,2,13-17H2,1H3,(H,27,32)(H,26,28,29). The quantitative estimate of drug-likeness (QED) is 0.552. The van der Waals surface area contributed by atoms with Gasteiger partial charge in [-0.1, -0.05) is 0 Å². The smallest absolute Gasteiger partial charge is 0.409 e. The van der Waals surface area contributed by atoms with Crippen LogP contribution in [-0.2, 0) is 9.53 Å². The van der Waals surface area contributed by atoms with Crippen LogP contribution >= 0.6 is 0 Å². The van der Waals surface area contributed by atoms with E-state index in [4.69, 9.17) is 4.74 Å². The van der Waals surface area contributed by atoms with E-state index in [2.05, 4.69) is 25.6 Å². The molecule has 4 rings (SSSR count). The van der Waals surface area contributed by atoms with E-state index in [0.717, 1.165) is 16.9 Å². The van der Waals surface area contributed by atoms with Gasteiger partial charge in [0, 0.05) is 61.7 Å². The van der Waals surface area contributed by atoms with Crippen LogP contribution in [-0.4, -0.2) is 76.1 Å². The van der Waals surface area contributed by atoms with Gasteiger partial charge in [0.2, 0.25) is 11.9 Å². The molecule has 3 aromatic rings. The van der Waals surface area contributed by atoms with E-state index < -0.39 is 0 Å². The third kappa shape index (κ3) is 6.26. The van der Waals surface area contributed by atoms with Crippen LogP contribution in [0.1, 0.15) is 6.92 Å².